The van der Waals surface area contributed by atoms with E-state index in [0.717, 1.165) is 54.0 Å². The molecule has 0 aromatic rings. The summed E-state index contributed by atoms with van der Waals surface area (Å²) in [6.45, 7) is 3.14. The number of rotatable bonds is 2. The van der Waals surface area contributed by atoms with E-state index in [-0.39, 0.29) is 0 Å². The molecule has 7 aliphatic carbocycles. The topological polar surface area (TPSA) is 9.23 Å². The summed E-state index contributed by atoms with van der Waals surface area (Å²) in [7, 11) is 0. The third kappa shape index (κ3) is 1.03. The van der Waals surface area contributed by atoms with Crippen LogP contribution in [0.2, 0.25) is 0 Å². The molecular formula is C16H24O. The van der Waals surface area contributed by atoms with Crippen molar-refractivity contribution in [3.63, 3.8) is 0 Å². The molecule has 1 heteroatoms. The minimum absolute atomic E-state index is 0.669. The molecule has 94 valence electrons. The summed E-state index contributed by atoms with van der Waals surface area (Å²) in [5, 5.41) is 0. The fourth-order valence-electron chi connectivity index (χ4n) is 7.30. The Bertz CT molecular complexity index is 325. The Balaban J connectivity index is 1.58. The SMILES string of the molecule is CCOC1C2CC3C4CC5CC3C1C(C5)C4C2. The van der Waals surface area contributed by atoms with Crippen molar-refractivity contribution in [2.24, 2.45) is 47.3 Å². The maximum absolute atomic E-state index is 6.21. The van der Waals surface area contributed by atoms with Gasteiger partial charge in [-0.05, 0) is 86.4 Å². The van der Waals surface area contributed by atoms with Crippen LogP contribution in [0.15, 0.2) is 0 Å². The maximum atomic E-state index is 6.21. The molecule has 1 nitrogen and oxygen atoms in total. The average molecular weight is 232 g/mol. The minimum Gasteiger partial charge on any atom is -0.378 e. The van der Waals surface area contributed by atoms with Crippen LogP contribution < -0.4 is 0 Å². The maximum Gasteiger partial charge on any atom is 0.0636 e. The van der Waals surface area contributed by atoms with Gasteiger partial charge in [0.2, 0.25) is 0 Å². The molecule has 7 saturated carbocycles. The fourth-order valence-corrected chi connectivity index (χ4v) is 7.30. The lowest BCUT2D eigenvalue weighted by Crippen LogP contribution is -2.67. The van der Waals surface area contributed by atoms with Gasteiger partial charge in [0, 0.05) is 6.61 Å². The van der Waals surface area contributed by atoms with E-state index in [1.165, 1.54) is 12.8 Å². The third-order valence-corrected chi connectivity index (χ3v) is 7.36. The van der Waals surface area contributed by atoms with Gasteiger partial charge in [-0.2, -0.15) is 0 Å². The Labute approximate surface area is 104 Å². The monoisotopic (exact) mass is 232 g/mol. The van der Waals surface area contributed by atoms with Crippen molar-refractivity contribution in [2.75, 3.05) is 6.61 Å². The molecule has 0 amide bonds. The molecule has 7 fully saturated rings. The number of hydrogen-bond acceptors (Lipinski definition) is 1. The summed E-state index contributed by atoms with van der Waals surface area (Å²) in [4.78, 5) is 0. The first kappa shape index (κ1) is 9.83. The number of hydrogen-bond donors (Lipinski definition) is 0. The highest BCUT2D eigenvalue weighted by molar-refractivity contribution is 5.15. The first-order valence-electron chi connectivity index (χ1n) is 7.98. The molecule has 0 spiro atoms. The van der Waals surface area contributed by atoms with E-state index in [4.69, 9.17) is 4.74 Å². The quantitative estimate of drug-likeness (QED) is 0.709. The Morgan fingerprint density at radius 2 is 1.41 bits per heavy atom. The lowest BCUT2D eigenvalue weighted by atomic mass is 9.35. The standard InChI is InChI=1S/C16H24O/c1-2-17-16-9-6-11-10-3-8-4-13(11)15(16)14(5-8)12(10)7-9/h8-16H,2-7H2,1H3. The van der Waals surface area contributed by atoms with Gasteiger partial charge in [0.25, 0.3) is 0 Å². The lowest BCUT2D eigenvalue weighted by Gasteiger charge is -2.71. The van der Waals surface area contributed by atoms with E-state index in [9.17, 15) is 0 Å². The van der Waals surface area contributed by atoms with E-state index in [1.54, 1.807) is 19.3 Å². The van der Waals surface area contributed by atoms with Crippen LogP contribution in [0, 0.1) is 47.3 Å². The van der Waals surface area contributed by atoms with Crippen molar-refractivity contribution < 1.29 is 4.74 Å². The molecule has 7 rings (SSSR count). The first-order chi connectivity index (χ1) is 8.36. The summed E-state index contributed by atoms with van der Waals surface area (Å²) in [6, 6.07) is 0. The second-order valence-electron chi connectivity index (χ2n) is 7.62. The van der Waals surface area contributed by atoms with Crippen LogP contribution in [-0.2, 0) is 4.74 Å². The van der Waals surface area contributed by atoms with Gasteiger partial charge in [0.05, 0.1) is 6.10 Å². The van der Waals surface area contributed by atoms with Gasteiger partial charge in [-0.1, -0.05) is 0 Å². The number of ether oxygens (including phenoxy) is 1. The summed E-state index contributed by atoms with van der Waals surface area (Å²) < 4.78 is 6.21. The lowest BCUT2D eigenvalue weighted by molar-refractivity contribution is -0.257. The molecule has 0 aromatic heterocycles. The summed E-state index contributed by atoms with van der Waals surface area (Å²) in [6.07, 6.45) is 8.50. The average Bonchev–Trinajstić information content (AvgIpc) is 2.36. The molecule has 17 heavy (non-hydrogen) atoms. The van der Waals surface area contributed by atoms with Crippen LogP contribution >= 0.6 is 0 Å². The van der Waals surface area contributed by atoms with Crippen LogP contribution in [0.5, 0.6) is 0 Å². The molecule has 5 unspecified atom stereocenters. The van der Waals surface area contributed by atoms with E-state index < -0.39 is 0 Å². The molecule has 0 heterocycles. The Kier molecular flexibility index (Phi) is 1.79. The minimum atomic E-state index is 0.669. The largest absolute Gasteiger partial charge is 0.378 e. The zero-order valence-electron chi connectivity index (χ0n) is 10.8. The molecule has 0 aliphatic heterocycles. The van der Waals surface area contributed by atoms with Crippen molar-refractivity contribution >= 4 is 0 Å². The second-order valence-corrected chi connectivity index (χ2v) is 7.62. The van der Waals surface area contributed by atoms with Gasteiger partial charge >= 0.3 is 0 Å². The van der Waals surface area contributed by atoms with E-state index in [2.05, 4.69) is 6.92 Å². The molecule has 8 bridgehead atoms. The zero-order valence-corrected chi connectivity index (χ0v) is 10.8. The van der Waals surface area contributed by atoms with Gasteiger partial charge in [0.1, 0.15) is 0 Å². The van der Waals surface area contributed by atoms with Gasteiger partial charge in [-0.25, -0.2) is 0 Å². The van der Waals surface area contributed by atoms with E-state index >= 15 is 0 Å². The molecule has 0 radical (unpaired) electrons. The van der Waals surface area contributed by atoms with Crippen molar-refractivity contribution in [1.82, 2.24) is 0 Å². The van der Waals surface area contributed by atoms with Gasteiger partial charge in [0.15, 0.2) is 0 Å². The molecule has 5 atom stereocenters. The van der Waals surface area contributed by atoms with E-state index in [0.29, 0.717) is 6.10 Å². The molecule has 7 aliphatic rings. The van der Waals surface area contributed by atoms with Crippen LogP contribution in [0.3, 0.4) is 0 Å². The molecule has 0 N–H and O–H groups in total. The Hall–Kier alpha value is -0.0400. The second kappa shape index (κ2) is 3.10. The van der Waals surface area contributed by atoms with Crippen LogP contribution in [-0.4, -0.2) is 12.7 Å². The highest BCUT2D eigenvalue weighted by atomic mass is 16.5. The first-order valence-corrected chi connectivity index (χ1v) is 7.98. The smallest absolute Gasteiger partial charge is 0.0636 e. The van der Waals surface area contributed by atoms with Crippen LogP contribution in [0.25, 0.3) is 0 Å². The van der Waals surface area contributed by atoms with Crippen LogP contribution in [0.4, 0.5) is 0 Å². The van der Waals surface area contributed by atoms with Crippen LogP contribution in [0.1, 0.15) is 39.0 Å². The third-order valence-electron chi connectivity index (χ3n) is 7.36. The fraction of sp³-hybridized carbons (Fsp3) is 1.00. The predicted octanol–water partition coefficient (Wildman–Crippen LogP) is 3.34. The normalized spacial score (nSPS) is 65.8. The highest BCUT2D eigenvalue weighted by Crippen LogP contribution is 2.71. The summed E-state index contributed by atoms with van der Waals surface area (Å²) >= 11 is 0. The van der Waals surface area contributed by atoms with Crippen molar-refractivity contribution in [3.8, 4) is 0 Å². The van der Waals surface area contributed by atoms with Crippen molar-refractivity contribution in [1.29, 1.82) is 0 Å². The zero-order chi connectivity index (χ0) is 11.1. The molecular weight excluding hydrogens is 208 g/mol. The predicted molar refractivity (Wildman–Crippen MR) is 66.4 cm³/mol. The highest BCUT2D eigenvalue weighted by Gasteiger charge is 2.66. The molecule has 0 saturated heterocycles. The van der Waals surface area contributed by atoms with Crippen molar-refractivity contribution in [2.45, 2.75) is 45.1 Å². The van der Waals surface area contributed by atoms with Gasteiger partial charge in [-0.15, -0.1) is 0 Å². The van der Waals surface area contributed by atoms with Gasteiger partial charge in [-0.3, -0.25) is 0 Å². The Morgan fingerprint density at radius 1 is 0.824 bits per heavy atom. The molecule has 0 aromatic carbocycles. The Morgan fingerprint density at radius 3 is 2.06 bits per heavy atom. The summed E-state index contributed by atoms with van der Waals surface area (Å²) in [5.41, 5.74) is 0. The van der Waals surface area contributed by atoms with E-state index in [1.807, 2.05) is 0 Å². The van der Waals surface area contributed by atoms with Gasteiger partial charge < -0.3 is 4.74 Å². The van der Waals surface area contributed by atoms with Crippen molar-refractivity contribution in [3.05, 3.63) is 0 Å². The summed E-state index contributed by atoms with van der Waals surface area (Å²) in [5.74, 6) is 8.66.